The van der Waals surface area contributed by atoms with Crippen LogP contribution in [0.4, 0.5) is 17.6 Å². The van der Waals surface area contributed by atoms with Gasteiger partial charge in [-0.15, -0.1) is 0 Å². The topological polar surface area (TPSA) is 81.8 Å². The average molecular weight is 397 g/mol. The molecule has 0 saturated heterocycles. The van der Waals surface area contributed by atoms with E-state index < -0.39 is 30.0 Å². The zero-order valence-corrected chi connectivity index (χ0v) is 14.6. The third-order valence-electron chi connectivity index (χ3n) is 3.89. The lowest BCUT2D eigenvalue weighted by molar-refractivity contribution is -0.140. The van der Waals surface area contributed by atoms with Crippen molar-refractivity contribution in [1.82, 2.24) is 19.2 Å². The summed E-state index contributed by atoms with van der Waals surface area (Å²) in [4.78, 5) is 32.7. The summed E-state index contributed by atoms with van der Waals surface area (Å²) < 4.78 is 52.6. The second-order valence-electron chi connectivity index (χ2n) is 6.02. The number of benzene rings is 1. The first-order chi connectivity index (χ1) is 13.2. The number of nitrogens with zero attached hydrogens (tertiary/aromatic N) is 4. The quantitative estimate of drug-likeness (QED) is 0.669. The summed E-state index contributed by atoms with van der Waals surface area (Å²) in [6.07, 6.45) is -3.56. The van der Waals surface area contributed by atoms with Crippen molar-refractivity contribution in [1.29, 1.82) is 0 Å². The van der Waals surface area contributed by atoms with Crippen molar-refractivity contribution in [3.05, 3.63) is 58.2 Å². The summed E-state index contributed by atoms with van der Waals surface area (Å²) in [5.41, 5.74) is 1.63. The van der Waals surface area contributed by atoms with Crippen LogP contribution in [0.1, 0.15) is 18.3 Å². The molecule has 0 unspecified atom stereocenters. The first-order valence-electron chi connectivity index (χ1n) is 8.25. The molecule has 1 N–H and O–H groups in total. The lowest BCUT2D eigenvalue weighted by atomic mass is 10.1. The second kappa shape index (κ2) is 7.41. The minimum absolute atomic E-state index is 0.0777. The van der Waals surface area contributed by atoms with Gasteiger partial charge in [0.2, 0.25) is 5.91 Å². The van der Waals surface area contributed by atoms with E-state index in [4.69, 9.17) is 0 Å². The van der Waals surface area contributed by atoms with E-state index in [1.807, 2.05) is 0 Å². The van der Waals surface area contributed by atoms with Gasteiger partial charge in [-0.05, 0) is 17.7 Å². The fourth-order valence-corrected chi connectivity index (χ4v) is 2.65. The number of fused-ring (bicyclic) bond motifs is 1. The Labute approximate surface area is 155 Å². The van der Waals surface area contributed by atoms with Crippen LogP contribution in [-0.2, 0) is 24.2 Å². The second-order valence-corrected chi connectivity index (χ2v) is 6.02. The Kier molecular flexibility index (Phi) is 5.16. The molecule has 0 aliphatic heterocycles. The molecule has 0 fully saturated rings. The van der Waals surface area contributed by atoms with E-state index in [-0.39, 0.29) is 29.8 Å². The molecule has 7 nitrogen and oxygen atoms in total. The lowest BCUT2D eigenvalue weighted by Gasteiger charge is -2.13. The van der Waals surface area contributed by atoms with Crippen LogP contribution in [0.5, 0.6) is 0 Å². The normalized spacial score (nSPS) is 11.8. The van der Waals surface area contributed by atoms with Crippen LogP contribution in [0.2, 0.25) is 0 Å². The van der Waals surface area contributed by atoms with Gasteiger partial charge in [-0.1, -0.05) is 19.1 Å². The van der Waals surface area contributed by atoms with Gasteiger partial charge in [-0.2, -0.15) is 13.2 Å². The molecule has 28 heavy (non-hydrogen) atoms. The number of hydrogen-bond acceptors (Lipinski definition) is 4. The first kappa shape index (κ1) is 19.5. The summed E-state index contributed by atoms with van der Waals surface area (Å²) in [5, 5.41) is 0. The number of nitrogens with one attached hydrogen (secondary N) is 1. The third-order valence-corrected chi connectivity index (χ3v) is 3.89. The summed E-state index contributed by atoms with van der Waals surface area (Å²) in [5.74, 6) is -0.939. The molecule has 2 aromatic heterocycles. The molecule has 0 bridgehead atoms. The third kappa shape index (κ3) is 4.18. The Morgan fingerprint density at radius 2 is 1.89 bits per heavy atom. The van der Waals surface area contributed by atoms with Gasteiger partial charge in [0.1, 0.15) is 18.2 Å². The van der Waals surface area contributed by atoms with Crippen molar-refractivity contribution in [2.75, 3.05) is 5.43 Å². The largest absolute Gasteiger partial charge is 0.406 e. The molecule has 2 heterocycles. The molecule has 0 atom stereocenters. The Bertz CT molecular complexity index is 1070. The molecule has 0 aliphatic rings. The number of alkyl halides is 3. The highest BCUT2D eigenvalue weighted by Gasteiger charge is 2.29. The molecule has 1 amide bonds. The maximum Gasteiger partial charge on any atom is 0.406 e. The first-order valence-corrected chi connectivity index (χ1v) is 8.25. The molecule has 0 radical (unpaired) electrons. The number of carbonyl (C=O) groups is 1. The Balaban J connectivity index is 1.92. The van der Waals surface area contributed by atoms with E-state index in [0.29, 0.717) is 5.56 Å². The van der Waals surface area contributed by atoms with Crippen molar-refractivity contribution in [3.8, 4) is 0 Å². The number of aryl methyl sites for hydroxylation is 1. The minimum Gasteiger partial charge on any atom is -0.306 e. The molecule has 148 valence electrons. The van der Waals surface area contributed by atoms with E-state index in [2.05, 4.69) is 15.4 Å². The number of hydrogen-bond donors (Lipinski definition) is 1. The van der Waals surface area contributed by atoms with E-state index in [0.717, 1.165) is 15.6 Å². The van der Waals surface area contributed by atoms with Crippen LogP contribution >= 0.6 is 0 Å². The number of imidazole rings is 1. The highest BCUT2D eigenvalue weighted by atomic mass is 19.4. The van der Waals surface area contributed by atoms with E-state index in [9.17, 15) is 27.2 Å². The summed E-state index contributed by atoms with van der Waals surface area (Å²) in [6.45, 7) is 0.306. The van der Waals surface area contributed by atoms with E-state index >= 15 is 0 Å². The summed E-state index contributed by atoms with van der Waals surface area (Å²) in [7, 11) is 0. The molecule has 0 saturated carbocycles. The standard InChI is InChI=1S/C17H15F4N5O2/c1-2-12-23-15-14(22-9-25(15)8-17(19,20)21)16(28)26(12)24-13(27)7-10-3-5-11(18)6-4-10/h3-6,9H,2,7-8H2,1H3,(H,24,27). The molecule has 1 aromatic carbocycles. The Morgan fingerprint density at radius 3 is 2.50 bits per heavy atom. The monoisotopic (exact) mass is 397 g/mol. The number of amides is 1. The van der Waals surface area contributed by atoms with Gasteiger partial charge in [0.25, 0.3) is 0 Å². The van der Waals surface area contributed by atoms with Gasteiger partial charge in [0, 0.05) is 6.42 Å². The zero-order valence-electron chi connectivity index (χ0n) is 14.6. The van der Waals surface area contributed by atoms with E-state index in [1.165, 1.54) is 24.3 Å². The summed E-state index contributed by atoms with van der Waals surface area (Å²) >= 11 is 0. The van der Waals surface area contributed by atoms with Crippen molar-refractivity contribution in [2.45, 2.75) is 32.5 Å². The van der Waals surface area contributed by atoms with Gasteiger partial charge in [-0.3, -0.25) is 15.0 Å². The highest BCUT2D eigenvalue weighted by molar-refractivity contribution is 5.86. The predicted octanol–water partition coefficient (Wildman–Crippen LogP) is 2.17. The molecule has 0 aliphatic carbocycles. The SMILES string of the molecule is CCc1nc2c(ncn2CC(F)(F)F)c(=O)n1NC(=O)Cc1ccc(F)cc1. The number of aromatic nitrogens is 4. The zero-order chi connectivity index (χ0) is 20.5. The Morgan fingerprint density at radius 1 is 1.21 bits per heavy atom. The molecular formula is C17H15F4N5O2. The maximum absolute atomic E-state index is 12.9. The van der Waals surface area contributed by atoms with Crippen molar-refractivity contribution < 1.29 is 22.4 Å². The van der Waals surface area contributed by atoms with Crippen molar-refractivity contribution in [3.63, 3.8) is 0 Å². The molecule has 3 rings (SSSR count). The molecular weight excluding hydrogens is 382 g/mol. The van der Waals surface area contributed by atoms with Crippen LogP contribution in [-0.4, -0.2) is 31.3 Å². The Hall–Kier alpha value is -3.24. The van der Waals surface area contributed by atoms with Crippen LogP contribution in [0.15, 0.2) is 35.4 Å². The van der Waals surface area contributed by atoms with Crippen molar-refractivity contribution >= 4 is 17.1 Å². The maximum atomic E-state index is 12.9. The minimum atomic E-state index is -4.50. The fraction of sp³-hybridized carbons (Fsp3) is 0.294. The van der Waals surface area contributed by atoms with E-state index in [1.54, 1.807) is 6.92 Å². The average Bonchev–Trinajstić information content (AvgIpc) is 3.00. The van der Waals surface area contributed by atoms with Crippen LogP contribution < -0.4 is 11.0 Å². The fourth-order valence-electron chi connectivity index (χ4n) is 2.65. The van der Waals surface area contributed by atoms with Gasteiger partial charge < -0.3 is 4.57 Å². The number of carbonyl (C=O) groups excluding carboxylic acids is 1. The smallest absolute Gasteiger partial charge is 0.306 e. The molecule has 11 heteroatoms. The summed E-state index contributed by atoms with van der Waals surface area (Å²) in [6, 6.07) is 5.26. The van der Waals surface area contributed by atoms with Gasteiger partial charge >= 0.3 is 11.7 Å². The highest BCUT2D eigenvalue weighted by Crippen LogP contribution is 2.19. The number of rotatable bonds is 5. The molecule has 0 spiro atoms. The van der Waals surface area contributed by atoms with Crippen molar-refractivity contribution in [2.24, 2.45) is 0 Å². The molecule has 3 aromatic rings. The van der Waals surface area contributed by atoms with Crippen LogP contribution in [0.25, 0.3) is 11.2 Å². The van der Waals surface area contributed by atoms with Gasteiger partial charge in [0.05, 0.1) is 12.7 Å². The number of halogens is 4. The van der Waals surface area contributed by atoms with Gasteiger partial charge in [0.15, 0.2) is 11.2 Å². The lowest BCUT2D eigenvalue weighted by Crippen LogP contribution is -2.37. The van der Waals surface area contributed by atoms with Crippen LogP contribution in [0, 0.1) is 5.82 Å². The van der Waals surface area contributed by atoms with Crippen LogP contribution in [0.3, 0.4) is 0 Å². The van der Waals surface area contributed by atoms with Gasteiger partial charge in [-0.25, -0.2) is 19.0 Å². The predicted molar refractivity (Wildman–Crippen MR) is 91.7 cm³/mol.